The smallest absolute Gasteiger partial charge is 0.238 e. The molecule has 150 valence electrons. The molecule has 2 heterocycles. The molecule has 1 aliphatic rings. The van der Waals surface area contributed by atoms with E-state index in [2.05, 4.69) is 25.1 Å². The lowest BCUT2D eigenvalue weighted by Gasteiger charge is -2.34. The van der Waals surface area contributed by atoms with Crippen LogP contribution in [-0.2, 0) is 4.79 Å². The van der Waals surface area contributed by atoms with Crippen LogP contribution in [0.25, 0.3) is 0 Å². The van der Waals surface area contributed by atoms with Crippen molar-refractivity contribution in [1.29, 1.82) is 0 Å². The van der Waals surface area contributed by atoms with Crippen LogP contribution in [0.1, 0.15) is 0 Å². The standard InChI is InChI=1S/C19H25N5O4/c1-26-15-11-14(12-16(27-2)18(15)28-3)22-17(25)13-23-7-9-24(10-8-23)19-20-5-4-6-21-19/h4-6,11-12H,7-10,13H2,1-3H3,(H,22,25). The second kappa shape index (κ2) is 9.23. The van der Waals surface area contributed by atoms with Gasteiger partial charge >= 0.3 is 0 Å². The number of ether oxygens (including phenoxy) is 3. The fourth-order valence-electron chi connectivity index (χ4n) is 3.12. The van der Waals surface area contributed by atoms with Gasteiger partial charge in [-0.1, -0.05) is 0 Å². The zero-order chi connectivity index (χ0) is 19.9. The first kappa shape index (κ1) is 19.7. The van der Waals surface area contributed by atoms with Gasteiger partial charge in [0, 0.05) is 56.4 Å². The minimum atomic E-state index is -0.0984. The summed E-state index contributed by atoms with van der Waals surface area (Å²) in [5.41, 5.74) is 0.593. The fraction of sp³-hybridized carbons (Fsp3) is 0.421. The third-order valence-corrected chi connectivity index (χ3v) is 4.52. The molecule has 1 aliphatic heterocycles. The van der Waals surface area contributed by atoms with Crippen molar-refractivity contribution in [1.82, 2.24) is 14.9 Å². The van der Waals surface area contributed by atoms with Gasteiger partial charge in [-0.15, -0.1) is 0 Å². The van der Waals surface area contributed by atoms with E-state index >= 15 is 0 Å². The van der Waals surface area contributed by atoms with E-state index in [1.807, 2.05) is 0 Å². The van der Waals surface area contributed by atoms with Crippen molar-refractivity contribution in [2.24, 2.45) is 0 Å². The summed E-state index contributed by atoms with van der Waals surface area (Å²) in [5, 5.41) is 2.90. The number of methoxy groups -OCH3 is 3. The highest BCUT2D eigenvalue weighted by molar-refractivity contribution is 5.93. The molecular weight excluding hydrogens is 362 g/mol. The maximum Gasteiger partial charge on any atom is 0.238 e. The number of aromatic nitrogens is 2. The minimum absolute atomic E-state index is 0.0984. The summed E-state index contributed by atoms with van der Waals surface area (Å²) < 4.78 is 15.9. The number of amides is 1. The molecule has 1 aromatic carbocycles. The van der Waals surface area contributed by atoms with Crippen molar-refractivity contribution in [2.75, 3.05) is 64.3 Å². The molecule has 1 amide bonds. The predicted molar refractivity (Wildman–Crippen MR) is 105 cm³/mol. The number of hydrogen-bond donors (Lipinski definition) is 1. The molecule has 9 nitrogen and oxygen atoms in total. The van der Waals surface area contributed by atoms with Crippen molar-refractivity contribution in [3.05, 3.63) is 30.6 Å². The predicted octanol–water partition coefficient (Wildman–Crippen LogP) is 1.26. The molecule has 0 spiro atoms. The van der Waals surface area contributed by atoms with Crippen LogP contribution in [0.3, 0.4) is 0 Å². The second-order valence-corrected chi connectivity index (χ2v) is 6.27. The lowest BCUT2D eigenvalue weighted by molar-refractivity contribution is -0.117. The van der Waals surface area contributed by atoms with Gasteiger partial charge < -0.3 is 24.4 Å². The molecule has 3 rings (SSSR count). The average molecular weight is 387 g/mol. The molecule has 0 atom stereocenters. The SMILES string of the molecule is COc1cc(NC(=O)CN2CCN(c3ncccn3)CC2)cc(OC)c1OC. The lowest BCUT2D eigenvalue weighted by Crippen LogP contribution is -2.49. The molecule has 1 saturated heterocycles. The molecule has 9 heteroatoms. The maximum absolute atomic E-state index is 12.5. The molecule has 0 aliphatic carbocycles. The highest BCUT2D eigenvalue weighted by atomic mass is 16.5. The van der Waals surface area contributed by atoms with Gasteiger partial charge in [-0.3, -0.25) is 9.69 Å². The quantitative estimate of drug-likeness (QED) is 0.760. The minimum Gasteiger partial charge on any atom is -0.493 e. The molecule has 1 fully saturated rings. The highest BCUT2D eigenvalue weighted by Crippen LogP contribution is 2.39. The summed E-state index contributed by atoms with van der Waals surface area (Å²) in [6.07, 6.45) is 3.47. The van der Waals surface area contributed by atoms with Crippen molar-refractivity contribution in [3.63, 3.8) is 0 Å². The number of nitrogens with one attached hydrogen (secondary N) is 1. The van der Waals surface area contributed by atoms with E-state index < -0.39 is 0 Å². The average Bonchev–Trinajstić information content (AvgIpc) is 2.74. The van der Waals surface area contributed by atoms with Crippen LogP contribution in [0.15, 0.2) is 30.6 Å². The molecule has 1 N–H and O–H groups in total. The molecule has 2 aromatic rings. The van der Waals surface area contributed by atoms with Gasteiger partial charge in [0.2, 0.25) is 17.6 Å². The first-order valence-electron chi connectivity index (χ1n) is 8.98. The van der Waals surface area contributed by atoms with Crippen LogP contribution in [0.2, 0.25) is 0 Å². The Morgan fingerprint density at radius 1 is 1.00 bits per heavy atom. The molecule has 0 radical (unpaired) electrons. The number of nitrogens with zero attached hydrogens (tertiary/aromatic N) is 4. The van der Waals surface area contributed by atoms with E-state index in [4.69, 9.17) is 14.2 Å². The van der Waals surface area contributed by atoms with Gasteiger partial charge in [0.1, 0.15) is 0 Å². The van der Waals surface area contributed by atoms with Gasteiger partial charge in [0.05, 0.1) is 27.9 Å². The van der Waals surface area contributed by atoms with E-state index in [-0.39, 0.29) is 5.91 Å². The monoisotopic (exact) mass is 387 g/mol. The molecule has 0 bridgehead atoms. The number of rotatable bonds is 7. The molecule has 1 aromatic heterocycles. The summed E-state index contributed by atoms with van der Waals surface area (Å²) in [6.45, 7) is 3.39. The third kappa shape index (κ3) is 4.61. The number of benzene rings is 1. The topological polar surface area (TPSA) is 89.1 Å². The highest BCUT2D eigenvalue weighted by Gasteiger charge is 2.21. The number of anilines is 2. The summed E-state index contributed by atoms with van der Waals surface area (Å²) in [7, 11) is 4.62. The van der Waals surface area contributed by atoms with Crippen LogP contribution in [0.5, 0.6) is 17.2 Å². The zero-order valence-corrected chi connectivity index (χ0v) is 16.3. The van der Waals surface area contributed by atoms with Crippen LogP contribution in [0, 0.1) is 0 Å². The van der Waals surface area contributed by atoms with E-state index in [1.54, 1.807) is 51.9 Å². The van der Waals surface area contributed by atoms with Crippen LogP contribution >= 0.6 is 0 Å². The second-order valence-electron chi connectivity index (χ2n) is 6.27. The van der Waals surface area contributed by atoms with Gasteiger partial charge in [0.25, 0.3) is 0 Å². The van der Waals surface area contributed by atoms with Crippen molar-refractivity contribution in [2.45, 2.75) is 0 Å². The Hall–Kier alpha value is -3.07. The molecule has 0 unspecified atom stereocenters. The summed E-state index contributed by atoms with van der Waals surface area (Å²) >= 11 is 0. The molecule has 28 heavy (non-hydrogen) atoms. The number of carbonyl (C=O) groups is 1. The van der Waals surface area contributed by atoms with E-state index in [9.17, 15) is 4.79 Å². The zero-order valence-electron chi connectivity index (χ0n) is 16.3. The fourth-order valence-corrected chi connectivity index (χ4v) is 3.12. The van der Waals surface area contributed by atoms with Crippen LogP contribution in [-0.4, -0.2) is 74.8 Å². The Kier molecular flexibility index (Phi) is 6.49. The van der Waals surface area contributed by atoms with Gasteiger partial charge in [-0.05, 0) is 6.07 Å². The Labute approximate surface area is 164 Å². The Balaban J connectivity index is 1.56. The normalized spacial score (nSPS) is 14.5. The Morgan fingerprint density at radius 2 is 1.61 bits per heavy atom. The number of carbonyl (C=O) groups excluding carboxylic acids is 1. The Bertz CT molecular complexity index is 769. The van der Waals surface area contributed by atoms with E-state index in [1.165, 1.54) is 0 Å². The van der Waals surface area contributed by atoms with Gasteiger partial charge in [-0.2, -0.15) is 0 Å². The summed E-state index contributed by atoms with van der Waals surface area (Å²) in [6, 6.07) is 5.22. The first-order chi connectivity index (χ1) is 13.6. The van der Waals surface area contributed by atoms with Crippen molar-refractivity contribution >= 4 is 17.5 Å². The summed E-state index contributed by atoms with van der Waals surface area (Å²) in [4.78, 5) is 25.3. The van der Waals surface area contributed by atoms with Crippen LogP contribution in [0.4, 0.5) is 11.6 Å². The van der Waals surface area contributed by atoms with Crippen LogP contribution < -0.4 is 24.4 Å². The number of hydrogen-bond acceptors (Lipinski definition) is 8. The number of piperazine rings is 1. The molecule has 0 saturated carbocycles. The maximum atomic E-state index is 12.5. The lowest BCUT2D eigenvalue weighted by atomic mass is 10.2. The molecular formula is C19H25N5O4. The largest absolute Gasteiger partial charge is 0.493 e. The van der Waals surface area contributed by atoms with Crippen molar-refractivity contribution in [3.8, 4) is 17.2 Å². The summed E-state index contributed by atoms with van der Waals surface area (Å²) in [5.74, 6) is 2.10. The van der Waals surface area contributed by atoms with E-state index in [0.29, 0.717) is 29.5 Å². The van der Waals surface area contributed by atoms with E-state index in [0.717, 1.165) is 32.1 Å². The first-order valence-corrected chi connectivity index (χ1v) is 8.98. The van der Waals surface area contributed by atoms with Gasteiger partial charge in [0.15, 0.2) is 11.5 Å². The van der Waals surface area contributed by atoms with Gasteiger partial charge in [-0.25, -0.2) is 9.97 Å². The Morgan fingerprint density at radius 3 is 2.14 bits per heavy atom. The third-order valence-electron chi connectivity index (χ3n) is 4.52. The van der Waals surface area contributed by atoms with Crippen molar-refractivity contribution < 1.29 is 19.0 Å².